The van der Waals surface area contributed by atoms with Crippen LogP contribution in [0, 0.1) is 6.92 Å². The minimum atomic E-state index is 0.0797. The summed E-state index contributed by atoms with van der Waals surface area (Å²) in [6.07, 6.45) is 2.47. The van der Waals surface area contributed by atoms with Crippen molar-refractivity contribution >= 4 is 17.7 Å². The summed E-state index contributed by atoms with van der Waals surface area (Å²) < 4.78 is 0. The molecule has 3 heteroatoms. The van der Waals surface area contributed by atoms with Crippen LogP contribution in [-0.2, 0) is 11.3 Å². The van der Waals surface area contributed by atoms with E-state index in [2.05, 4.69) is 18.3 Å². The second kappa shape index (κ2) is 7.17. The molecule has 0 aliphatic rings. The molecule has 0 spiro atoms. The van der Waals surface area contributed by atoms with Crippen LogP contribution in [0.5, 0.6) is 0 Å². The lowest BCUT2D eigenvalue weighted by atomic mass is 10.1. The van der Waals surface area contributed by atoms with Gasteiger partial charge >= 0.3 is 0 Å². The van der Waals surface area contributed by atoms with E-state index in [9.17, 15) is 4.79 Å². The molecule has 1 aromatic rings. The third-order valence-electron chi connectivity index (χ3n) is 2.50. The standard InChI is InChI=1S/C14H19NOS/c1-11(10-17-3)8-14(16)15-9-13-7-5-4-6-12(13)2/h4-7,10H,8-9H2,1-3H3,(H,15,16)/b11-10+. The van der Waals surface area contributed by atoms with Gasteiger partial charge in [-0.25, -0.2) is 0 Å². The van der Waals surface area contributed by atoms with Crippen molar-refractivity contribution in [1.29, 1.82) is 0 Å². The van der Waals surface area contributed by atoms with Crippen LogP contribution in [0.1, 0.15) is 24.5 Å². The van der Waals surface area contributed by atoms with Crippen LogP contribution >= 0.6 is 11.8 Å². The molecule has 0 atom stereocenters. The maximum absolute atomic E-state index is 11.7. The van der Waals surface area contributed by atoms with E-state index in [0.717, 1.165) is 5.57 Å². The lowest BCUT2D eigenvalue weighted by Crippen LogP contribution is -2.23. The topological polar surface area (TPSA) is 29.1 Å². The molecule has 0 unspecified atom stereocenters. The molecule has 0 fully saturated rings. The summed E-state index contributed by atoms with van der Waals surface area (Å²) in [7, 11) is 0. The van der Waals surface area contributed by atoms with Gasteiger partial charge in [0.15, 0.2) is 0 Å². The fourth-order valence-corrected chi connectivity index (χ4v) is 2.05. The summed E-state index contributed by atoms with van der Waals surface area (Å²) in [5, 5.41) is 4.95. The Morgan fingerprint density at radius 1 is 1.41 bits per heavy atom. The minimum Gasteiger partial charge on any atom is -0.352 e. The zero-order valence-electron chi connectivity index (χ0n) is 10.6. The molecule has 2 nitrogen and oxygen atoms in total. The van der Waals surface area contributed by atoms with Crippen LogP contribution in [0.4, 0.5) is 0 Å². The molecule has 0 bridgehead atoms. The van der Waals surface area contributed by atoms with Gasteiger partial charge in [0.2, 0.25) is 5.91 Å². The first-order chi connectivity index (χ1) is 8.13. The van der Waals surface area contributed by atoms with Gasteiger partial charge in [0, 0.05) is 13.0 Å². The highest BCUT2D eigenvalue weighted by Gasteiger charge is 2.03. The van der Waals surface area contributed by atoms with Crippen molar-refractivity contribution in [2.75, 3.05) is 6.26 Å². The molecule has 92 valence electrons. The molecule has 1 amide bonds. The molecule has 1 N–H and O–H groups in total. The van der Waals surface area contributed by atoms with Gasteiger partial charge in [0.1, 0.15) is 0 Å². The third kappa shape index (κ3) is 5.09. The smallest absolute Gasteiger partial charge is 0.224 e. The van der Waals surface area contributed by atoms with Crippen molar-refractivity contribution in [2.24, 2.45) is 0 Å². The van der Waals surface area contributed by atoms with Crippen molar-refractivity contribution in [3.05, 3.63) is 46.4 Å². The van der Waals surface area contributed by atoms with Gasteiger partial charge in [0.05, 0.1) is 0 Å². The molecular weight excluding hydrogens is 230 g/mol. The zero-order valence-corrected chi connectivity index (χ0v) is 11.4. The molecule has 0 radical (unpaired) electrons. The zero-order chi connectivity index (χ0) is 12.7. The predicted octanol–water partition coefficient (Wildman–Crippen LogP) is 3.27. The van der Waals surface area contributed by atoms with Gasteiger partial charge in [-0.15, -0.1) is 11.8 Å². The summed E-state index contributed by atoms with van der Waals surface area (Å²) >= 11 is 1.63. The van der Waals surface area contributed by atoms with Crippen molar-refractivity contribution in [3.8, 4) is 0 Å². The van der Waals surface area contributed by atoms with E-state index in [1.165, 1.54) is 11.1 Å². The number of carbonyl (C=O) groups excluding carboxylic acids is 1. The first-order valence-corrected chi connectivity index (χ1v) is 6.92. The summed E-state index contributed by atoms with van der Waals surface area (Å²) in [6.45, 7) is 4.64. The highest BCUT2D eigenvalue weighted by Crippen LogP contribution is 2.08. The Labute approximate surface area is 107 Å². The molecule has 0 saturated heterocycles. The van der Waals surface area contributed by atoms with E-state index >= 15 is 0 Å². The monoisotopic (exact) mass is 249 g/mol. The van der Waals surface area contributed by atoms with E-state index in [1.54, 1.807) is 11.8 Å². The Morgan fingerprint density at radius 3 is 2.76 bits per heavy atom. The molecule has 1 rings (SSSR count). The number of carbonyl (C=O) groups is 1. The second-order valence-electron chi connectivity index (χ2n) is 4.08. The summed E-state index contributed by atoms with van der Waals surface area (Å²) in [4.78, 5) is 11.7. The number of hydrogen-bond donors (Lipinski definition) is 1. The lowest BCUT2D eigenvalue weighted by molar-refractivity contribution is -0.120. The average Bonchev–Trinajstić information content (AvgIpc) is 2.28. The Balaban J connectivity index is 2.44. The quantitative estimate of drug-likeness (QED) is 0.867. The summed E-state index contributed by atoms with van der Waals surface area (Å²) in [6, 6.07) is 8.10. The Kier molecular flexibility index (Phi) is 5.84. The maximum Gasteiger partial charge on any atom is 0.224 e. The number of thioether (sulfide) groups is 1. The van der Waals surface area contributed by atoms with E-state index < -0.39 is 0 Å². The van der Waals surface area contributed by atoms with E-state index in [1.807, 2.05) is 36.8 Å². The Bertz CT molecular complexity index is 412. The fourth-order valence-electron chi connectivity index (χ4n) is 1.56. The average molecular weight is 249 g/mol. The second-order valence-corrected chi connectivity index (χ2v) is 4.79. The molecular formula is C14H19NOS. The van der Waals surface area contributed by atoms with Crippen molar-refractivity contribution < 1.29 is 4.79 Å². The maximum atomic E-state index is 11.7. The van der Waals surface area contributed by atoms with E-state index in [4.69, 9.17) is 0 Å². The van der Waals surface area contributed by atoms with Crippen molar-refractivity contribution in [3.63, 3.8) is 0 Å². The molecule has 0 aliphatic carbocycles. The fraction of sp³-hybridized carbons (Fsp3) is 0.357. The molecule has 0 saturated carbocycles. The van der Waals surface area contributed by atoms with Gasteiger partial charge in [-0.05, 0) is 36.6 Å². The highest BCUT2D eigenvalue weighted by molar-refractivity contribution is 8.01. The number of amides is 1. The minimum absolute atomic E-state index is 0.0797. The van der Waals surface area contributed by atoms with Gasteiger partial charge in [-0.3, -0.25) is 4.79 Å². The number of nitrogens with one attached hydrogen (secondary N) is 1. The summed E-state index contributed by atoms with van der Waals surface area (Å²) in [5.74, 6) is 0.0797. The van der Waals surface area contributed by atoms with Gasteiger partial charge < -0.3 is 5.32 Å². The molecule has 0 heterocycles. The molecule has 0 aliphatic heterocycles. The number of rotatable bonds is 5. The lowest BCUT2D eigenvalue weighted by Gasteiger charge is -2.07. The van der Waals surface area contributed by atoms with E-state index in [-0.39, 0.29) is 5.91 Å². The van der Waals surface area contributed by atoms with Gasteiger partial charge in [0.25, 0.3) is 0 Å². The Morgan fingerprint density at radius 2 is 2.12 bits per heavy atom. The normalized spacial score (nSPS) is 11.4. The molecule has 1 aromatic carbocycles. The first kappa shape index (κ1) is 13.8. The van der Waals surface area contributed by atoms with Crippen LogP contribution in [0.25, 0.3) is 0 Å². The highest BCUT2D eigenvalue weighted by atomic mass is 32.2. The van der Waals surface area contributed by atoms with Crippen LogP contribution in [0.15, 0.2) is 35.2 Å². The van der Waals surface area contributed by atoms with Crippen molar-refractivity contribution in [1.82, 2.24) is 5.32 Å². The van der Waals surface area contributed by atoms with Crippen LogP contribution in [0.3, 0.4) is 0 Å². The number of hydrogen-bond acceptors (Lipinski definition) is 2. The molecule has 17 heavy (non-hydrogen) atoms. The SMILES string of the molecule is CS/C=C(\C)CC(=O)NCc1ccccc1C. The third-order valence-corrected chi connectivity index (χ3v) is 3.13. The summed E-state index contributed by atoms with van der Waals surface area (Å²) in [5.41, 5.74) is 3.48. The van der Waals surface area contributed by atoms with Gasteiger partial charge in [-0.2, -0.15) is 0 Å². The van der Waals surface area contributed by atoms with Gasteiger partial charge in [-0.1, -0.05) is 29.8 Å². The largest absolute Gasteiger partial charge is 0.352 e. The van der Waals surface area contributed by atoms with Crippen molar-refractivity contribution in [2.45, 2.75) is 26.8 Å². The predicted molar refractivity (Wildman–Crippen MR) is 74.9 cm³/mol. The molecule has 0 aromatic heterocycles. The van der Waals surface area contributed by atoms with Crippen LogP contribution in [0.2, 0.25) is 0 Å². The van der Waals surface area contributed by atoms with E-state index in [0.29, 0.717) is 13.0 Å². The Hall–Kier alpha value is -1.22. The van der Waals surface area contributed by atoms with Crippen LogP contribution < -0.4 is 5.32 Å². The number of benzene rings is 1. The first-order valence-electron chi connectivity index (χ1n) is 5.63. The number of aryl methyl sites for hydroxylation is 1. The van der Waals surface area contributed by atoms with Crippen LogP contribution in [-0.4, -0.2) is 12.2 Å².